The fraction of sp³-hybridized carbons (Fsp3) is 0.545. The number of thiophene rings is 1. The second-order valence-electron chi connectivity index (χ2n) is 3.61. The van der Waals surface area contributed by atoms with Crippen LogP contribution < -0.4 is 10.6 Å². The van der Waals surface area contributed by atoms with Crippen molar-refractivity contribution in [2.45, 2.75) is 33.4 Å². The van der Waals surface area contributed by atoms with Crippen LogP contribution in [-0.2, 0) is 11.3 Å². The van der Waals surface area contributed by atoms with E-state index < -0.39 is 0 Å². The predicted molar refractivity (Wildman–Crippen MR) is 71.7 cm³/mol. The van der Waals surface area contributed by atoms with Crippen molar-refractivity contribution in [2.24, 2.45) is 0 Å². The summed E-state index contributed by atoms with van der Waals surface area (Å²) in [5.41, 5.74) is 0. The van der Waals surface area contributed by atoms with E-state index in [1.54, 1.807) is 11.3 Å². The predicted octanol–water partition coefficient (Wildman–Crippen LogP) is 2.43. The number of carbonyl (C=O) groups excluding carboxylic acids is 1. The van der Waals surface area contributed by atoms with E-state index in [1.165, 1.54) is 9.75 Å². The number of aryl methyl sites for hydroxylation is 1. The van der Waals surface area contributed by atoms with Gasteiger partial charge in [-0.2, -0.15) is 0 Å². The number of nitrogens with one attached hydrogen (secondary N) is 2. The van der Waals surface area contributed by atoms with Crippen molar-refractivity contribution in [3.8, 4) is 0 Å². The Labute approximate surface area is 109 Å². The summed E-state index contributed by atoms with van der Waals surface area (Å²) in [6.45, 7) is 7.28. The molecule has 1 heterocycles. The molecule has 5 heteroatoms. The van der Waals surface area contributed by atoms with Crippen molar-refractivity contribution in [3.63, 3.8) is 0 Å². The van der Waals surface area contributed by atoms with Gasteiger partial charge in [0.05, 0.1) is 6.04 Å². The third-order valence-corrected chi connectivity index (χ3v) is 4.37. The van der Waals surface area contributed by atoms with Gasteiger partial charge in [0.15, 0.2) is 0 Å². The normalized spacial score (nSPS) is 12.5. The summed E-state index contributed by atoms with van der Waals surface area (Å²) >= 11 is 5.22. The zero-order valence-corrected chi connectivity index (χ0v) is 12.2. The zero-order valence-electron chi connectivity index (χ0n) is 9.76. The van der Waals surface area contributed by atoms with E-state index in [2.05, 4.69) is 39.6 Å². The van der Waals surface area contributed by atoms with E-state index >= 15 is 0 Å². The Morgan fingerprint density at radius 3 is 2.81 bits per heavy atom. The molecule has 0 aromatic carbocycles. The first-order valence-corrected chi connectivity index (χ1v) is 6.91. The summed E-state index contributed by atoms with van der Waals surface area (Å²) in [6.07, 6.45) is 0. The fourth-order valence-electron chi connectivity index (χ4n) is 1.28. The van der Waals surface area contributed by atoms with Gasteiger partial charge in [-0.3, -0.25) is 4.79 Å². The van der Waals surface area contributed by atoms with Gasteiger partial charge < -0.3 is 10.6 Å². The molecule has 0 fully saturated rings. The van der Waals surface area contributed by atoms with Crippen molar-refractivity contribution < 1.29 is 4.79 Å². The molecule has 3 nitrogen and oxygen atoms in total. The van der Waals surface area contributed by atoms with E-state index in [0.29, 0.717) is 6.54 Å². The molecular formula is C11H17BrN2OS. The first kappa shape index (κ1) is 13.7. The third-order valence-electron chi connectivity index (χ3n) is 2.23. The zero-order chi connectivity index (χ0) is 12.1. The molecule has 1 unspecified atom stereocenters. The highest BCUT2D eigenvalue weighted by Gasteiger charge is 2.11. The lowest BCUT2D eigenvalue weighted by Gasteiger charge is -2.12. The molecule has 0 aliphatic rings. The van der Waals surface area contributed by atoms with Gasteiger partial charge in [0.25, 0.3) is 0 Å². The lowest BCUT2D eigenvalue weighted by atomic mass is 10.3. The maximum absolute atomic E-state index is 11.5. The first-order chi connectivity index (χ1) is 7.54. The van der Waals surface area contributed by atoms with Gasteiger partial charge in [0.1, 0.15) is 0 Å². The third kappa shape index (κ3) is 3.88. The van der Waals surface area contributed by atoms with Crippen LogP contribution in [0.1, 0.15) is 23.6 Å². The van der Waals surface area contributed by atoms with Crippen LogP contribution in [0.25, 0.3) is 0 Å². The molecule has 0 spiro atoms. The first-order valence-electron chi connectivity index (χ1n) is 5.30. The second-order valence-corrected chi connectivity index (χ2v) is 5.81. The summed E-state index contributed by atoms with van der Waals surface area (Å²) in [5.74, 6) is 0.0508. The number of rotatable bonds is 5. The highest BCUT2D eigenvalue weighted by Crippen LogP contribution is 2.26. The van der Waals surface area contributed by atoms with Gasteiger partial charge in [-0.05, 0) is 42.8 Å². The van der Waals surface area contributed by atoms with Crippen molar-refractivity contribution in [2.75, 3.05) is 6.54 Å². The molecule has 1 aromatic rings. The second kappa shape index (κ2) is 6.37. The minimum absolute atomic E-state index is 0.0508. The van der Waals surface area contributed by atoms with E-state index in [-0.39, 0.29) is 11.9 Å². The quantitative estimate of drug-likeness (QED) is 0.877. The smallest absolute Gasteiger partial charge is 0.236 e. The Balaban J connectivity index is 2.42. The fourth-order valence-corrected chi connectivity index (χ4v) is 2.83. The van der Waals surface area contributed by atoms with E-state index in [4.69, 9.17) is 0 Å². The van der Waals surface area contributed by atoms with E-state index in [0.717, 1.165) is 11.0 Å². The lowest BCUT2D eigenvalue weighted by Crippen LogP contribution is -2.41. The van der Waals surface area contributed by atoms with Crippen molar-refractivity contribution in [3.05, 3.63) is 20.3 Å². The van der Waals surface area contributed by atoms with Crippen LogP contribution in [-0.4, -0.2) is 18.5 Å². The molecule has 0 saturated heterocycles. The molecule has 0 bridgehead atoms. The maximum Gasteiger partial charge on any atom is 0.236 e. The largest absolute Gasteiger partial charge is 0.355 e. The average Bonchev–Trinajstić information content (AvgIpc) is 2.55. The molecular weight excluding hydrogens is 288 g/mol. The molecule has 90 valence electrons. The summed E-state index contributed by atoms with van der Waals surface area (Å²) in [4.78, 5) is 14.0. The molecule has 0 radical (unpaired) electrons. The van der Waals surface area contributed by atoms with Gasteiger partial charge in [-0.15, -0.1) is 11.3 Å². The van der Waals surface area contributed by atoms with Crippen LogP contribution >= 0.6 is 27.3 Å². The van der Waals surface area contributed by atoms with Crippen molar-refractivity contribution in [1.29, 1.82) is 0 Å². The molecule has 0 aliphatic carbocycles. The molecule has 0 aliphatic heterocycles. The Kier molecular flexibility index (Phi) is 5.44. The topological polar surface area (TPSA) is 41.1 Å². The molecule has 0 saturated carbocycles. The molecule has 2 N–H and O–H groups in total. The Bertz CT molecular complexity index is 345. The molecule has 16 heavy (non-hydrogen) atoms. The van der Waals surface area contributed by atoms with E-state index in [1.807, 2.05) is 13.8 Å². The summed E-state index contributed by atoms with van der Waals surface area (Å²) in [7, 11) is 0. The monoisotopic (exact) mass is 304 g/mol. The molecule has 1 aromatic heterocycles. The van der Waals surface area contributed by atoms with Crippen LogP contribution in [0.15, 0.2) is 10.5 Å². The number of hydrogen-bond acceptors (Lipinski definition) is 3. The SMILES string of the molecule is CCNC(=O)C(C)NCc1cc(Br)c(C)s1. The van der Waals surface area contributed by atoms with Crippen molar-refractivity contribution in [1.82, 2.24) is 10.6 Å². The minimum atomic E-state index is -0.152. The van der Waals surface area contributed by atoms with Gasteiger partial charge in [-0.1, -0.05) is 0 Å². The number of halogens is 1. The number of amides is 1. The number of carbonyl (C=O) groups is 1. The average molecular weight is 305 g/mol. The number of likely N-dealkylation sites (N-methyl/N-ethyl adjacent to an activating group) is 1. The number of hydrogen-bond donors (Lipinski definition) is 2. The Morgan fingerprint density at radius 2 is 2.31 bits per heavy atom. The van der Waals surface area contributed by atoms with Gasteiger partial charge in [0.2, 0.25) is 5.91 Å². The van der Waals surface area contributed by atoms with Crippen LogP contribution in [0.4, 0.5) is 0 Å². The van der Waals surface area contributed by atoms with E-state index in [9.17, 15) is 4.79 Å². The summed E-state index contributed by atoms with van der Waals surface area (Å²) < 4.78 is 1.14. The summed E-state index contributed by atoms with van der Waals surface area (Å²) in [6, 6.07) is 1.94. The highest BCUT2D eigenvalue weighted by molar-refractivity contribution is 9.10. The van der Waals surface area contributed by atoms with Gasteiger partial charge in [-0.25, -0.2) is 0 Å². The minimum Gasteiger partial charge on any atom is -0.355 e. The maximum atomic E-state index is 11.5. The lowest BCUT2D eigenvalue weighted by molar-refractivity contribution is -0.122. The molecule has 1 amide bonds. The van der Waals surface area contributed by atoms with Crippen LogP contribution in [0.3, 0.4) is 0 Å². The highest BCUT2D eigenvalue weighted by atomic mass is 79.9. The van der Waals surface area contributed by atoms with Crippen molar-refractivity contribution >= 4 is 33.2 Å². The van der Waals surface area contributed by atoms with Crippen LogP contribution in [0.5, 0.6) is 0 Å². The molecule has 1 rings (SSSR count). The summed E-state index contributed by atoms with van der Waals surface area (Å²) in [5, 5.41) is 5.99. The van der Waals surface area contributed by atoms with Crippen LogP contribution in [0.2, 0.25) is 0 Å². The van der Waals surface area contributed by atoms with Gasteiger partial charge >= 0.3 is 0 Å². The Hall–Kier alpha value is -0.390. The Morgan fingerprint density at radius 1 is 1.62 bits per heavy atom. The van der Waals surface area contributed by atoms with Crippen LogP contribution in [0, 0.1) is 6.92 Å². The standard InChI is InChI=1S/C11H17BrN2OS/c1-4-13-11(15)7(2)14-6-9-5-10(12)8(3)16-9/h5,7,14H,4,6H2,1-3H3,(H,13,15). The molecule has 1 atom stereocenters. The van der Waals surface area contributed by atoms with Gasteiger partial charge in [0, 0.05) is 27.3 Å².